The van der Waals surface area contributed by atoms with E-state index in [4.69, 9.17) is 21.1 Å². The number of nitrogens with one attached hydrogen (secondary N) is 1. The Morgan fingerprint density at radius 3 is 2.79 bits per heavy atom. The van der Waals surface area contributed by atoms with Crippen molar-refractivity contribution in [3.8, 4) is 23.0 Å². The van der Waals surface area contributed by atoms with E-state index in [2.05, 4.69) is 20.2 Å². The van der Waals surface area contributed by atoms with Gasteiger partial charge in [-0.1, -0.05) is 11.6 Å². The molecule has 1 unspecified atom stereocenters. The number of hydrogen-bond acceptors (Lipinski definition) is 6. The quantitative estimate of drug-likeness (QED) is 0.497. The molecule has 29 heavy (non-hydrogen) atoms. The first kappa shape index (κ1) is 19.4. The topological polar surface area (TPSA) is 103 Å². The zero-order valence-electron chi connectivity index (χ0n) is 15.8. The number of aliphatic hydroxyl groups excluding tert-OH is 1. The van der Waals surface area contributed by atoms with Crippen LogP contribution in [-0.4, -0.2) is 55.2 Å². The Balaban J connectivity index is 2.05. The number of methoxy groups -OCH3 is 2. The van der Waals surface area contributed by atoms with Gasteiger partial charge in [0.1, 0.15) is 22.6 Å². The molecule has 1 aromatic carbocycles. The first-order valence-electron chi connectivity index (χ1n) is 8.60. The number of aliphatic hydroxyl groups is 1. The number of benzene rings is 1. The minimum atomic E-state index is -0.658. The number of rotatable bonds is 6. The summed E-state index contributed by atoms with van der Waals surface area (Å²) in [6.07, 6.45) is 4.28. The summed E-state index contributed by atoms with van der Waals surface area (Å²) in [5, 5.41) is 16.9. The molecule has 0 spiro atoms. The molecular formula is C18H18ClFN6O3. The Morgan fingerprint density at radius 1 is 1.38 bits per heavy atom. The van der Waals surface area contributed by atoms with E-state index in [9.17, 15) is 5.11 Å². The van der Waals surface area contributed by atoms with Gasteiger partial charge in [-0.15, -0.1) is 0 Å². The highest BCUT2D eigenvalue weighted by molar-refractivity contribution is 6.33. The summed E-state index contributed by atoms with van der Waals surface area (Å²) in [6, 6.07) is 1.67. The summed E-state index contributed by atoms with van der Waals surface area (Å²) in [7, 11) is 4.58. The average Bonchev–Trinajstić information content (AvgIpc) is 3.45. The number of aryl methyl sites for hydroxylation is 1. The van der Waals surface area contributed by atoms with Crippen LogP contribution in [0.3, 0.4) is 0 Å². The van der Waals surface area contributed by atoms with E-state index < -0.39 is 11.9 Å². The Morgan fingerprint density at radius 2 is 2.17 bits per heavy atom. The number of ether oxygens (including phenoxy) is 2. The second-order valence-electron chi connectivity index (χ2n) is 6.28. The van der Waals surface area contributed by atoms with E-state index in [-0.39, 0.29) is 22.9 Å². The summed E-state index contributed by atoms with van der Waals surface area (Å²) >= 11 is 6.15. The largest absolute Gasteiger partial charge is 0.495 e. The van der Waals surface area contributed by atoms with Gasteiger partial charge in [0.25, 0.3) is 0 Å². The van der Waals surface area contributed by atoms with Crippen molar-refractivity contribution in [3.63, 3.8) is 0 Å². The smallest absolute Gasteiger partial charge is 0.200 e. The minimum Gasteiger partial charge on any atom is -0.495 e. The van der Waals surface area contributed by atoms with Crippen LogP contribution in [0.4, 0.5) is 4.39 Å². The Labute approximate surface area is 169 Å². The molecule has 1 atom stereocenters. The van der Waals surface area contributed by atoms with Crippen molar-refractivity contribution in [1.82, 2.24) is 29.3 Å². The fourth-order valence-electron chi connectivity index (χ4n) is 3.35. The maximum atomic E-state index is 15.1. The van der Waals surface area contributed by atoms with Crippen molar-refractivity contribution >= 4 is 22.5 Å². The SMILES string of the molecule is COc1cc2c(-n3ccnc3)c(-c3n[nH]c(C(CO)OC)n3)n(C)c2c(F)c1Cl. The summed E-state index contributed by atoms with van der Waals surface area (Å²) < 4.78 is 28.9. The highest BCUT2D eigenvalue weighted by atomic mass is 35.5. The Hall–Kier alpha value is -2.95. The molecule has 0 aliphatic heterocycles. The standard InChI is InChI=1S/C18H18ClFN6O3/c1-25-14-9(6-10(28-2)12(19)13(14)20)15(26-5-4-21-8-26)16(25)18-22-17(23-24-18)11(7-27)29-3/h4-6,8,11,27H,7H2,1-3H3,(H,22,23,24). The molecular weight excluding hydrogens is 403 g/mol. The zero-order valence-corrected chi connectivity index (χ0v) is 16.6. The number of aromatic amines is 1. The molecule has 4 rings (SSSR count). The zero-order chi connectivity index (χ0) is 20.7. The average molecular weight is 421 g/mol. The van der Waals surface area contributed by atoms with Crippen LogP contribution in [0.2, 0.25) is 5.02 Å². The molecule has 3 aromatic heterocycles. The fraction of sp³-hybridized carbons (Fsp3) is 0.278. The maximum absolute atomic E-state index is 15.1. The van der Waals surface area contributed by atoms with Gasteiger partial charge >= 0.3 is 0 Å². The van der Waals surface area contributed by atoms with Gasteiger partial charge in [-0.2, -0.15) is 5.10 Å². The number of aromatic nitrogens is 6. The van der Waals surface area contributed by atoms with Crippen molar-refractivity contribution < 1.29 is 19.0 Å². The third-order valence-electron chi connectivity index (χ3n) is 4.75. The Bertz CT molecular complexity index is 1170. The van der Waals surface area contributed by atoms with Gasteiger partial charge in [-0.05, 0) is 6.07 Å². The molecule has 0 amide bonds. The van der Waals surface area contributed by atoms with Crippen LogP contribution in [0, 0.1) is 5.82 Å². The third-order valence-corrected chi connectivity index (χ3v) is 5.10. The molecule has 9 nitrogen and oxygen atoms in total. The molecule has 0 fully saturated rings. The number of fused-ring (bicyclic) bond motifs is 1. The molecule has 0 aliphatic rings. The minimum absolute atomic E-state index is 0.111. The summed E-state index contributed by atoms with van der Waals surface area (Å²) in [5.41, 5.74) is 1.40. The van der Waals surface area contributed by atoms with Crippen molar-refractivity contribution in [2.45, 2.75) is 6.10 Å². The van der Waals surface area contributed by atoms with E-state index in [0.29, 0.717) is 28.4 Å². The molecule has 0 saturated carbocycles. The lowest BCUT2D eigenvalue weighted by Gasteiger charge is -2.07. The van der Waals surface area contributed by atoms with Crippen molar-refractivity contribution in [2.24, 2.45) is 7.05 Å². The number of imidazole rings is 1. The monoisotopic (exact) mass is 420 g/mol. The molecule has 11 heteroatoms. The number of halogens is 2. The number of hydrogen-bond donors (Lipinski definition) is 2. The molecule has 0 aliphatic carbocycles. The molecule has 4 aromatic rings. The summed E-state index contributed by atoms with van der Waals surface area (Å²) in [4.78, 5) is 8.54. The van der Waals surface area contributed by atoms with Crippen LogP contribution >= 0.6 is 11.6 Å². The summed E-state index contributed by atoms with van der Waals surface area (Å²) in [5.74, 6) is 0.248. The van der Waals surface area contributed by atoms with Crippen LogP contribution in [0.25, 0.3) is 28.1 Å². The third kappa shape index (κ3) is 2.96. The van der Waals surface area contributed by atoms with Crippen LogP contribution in [0.1, 0.15) is 11.9 Å². The van der Waals surface area contributed by atoms with E-state index in [1.807, 2.05) is 0 Å². The van der Waals surface area contributed by atoms with Crippen molar-refractivity contribution in [3.05, 3.63) is 41.5 Å². The van der Waals surface area contributed by atoms with Gasteiger partial charge in [0.2, 0.25) is 0 Å². The first-order valence-corrected chi connectivity index (χ1v) is 8.98. The van der Waals surface area contributed by atoms with Crippen molar-refractivity contribution in [2.75, 3.05) is 20.8 Å². The van der Waals surface area contributed by atoms with Crippen LogP contribution in [0.15, 0.2) is 24.8 Å². The Kier molecular flexibility index (Phi) is 4.99. The lowest BCUT2D eigenvalue weighted by molar-refractivity contribution is 0.0426. The van der Waals surface area contributed by atoms with E-state index in [1.165, 1.54) is 14.2 Å². The van der Waals surface area contributed by atoms with Crippen LogP contribution in [-0.2, 0) is 11.8 Å². The van der Waals surface area contributed by atoms with Crippen LogP contribution in [0.5, 0.6) is 5.75 Å². The van der Waals surface area contributed by atoms with Gasteiger partial charge < -0.3 is 23.7 Å². The van der Waals surface area contributed by atoms with E-state index >= 15 is 4.39 Å². The maximum Gasteiger partial charge on any atom is 0.200 e. The van der Waals surface area contributed by atoms with Gasteiger partial charge in [0, 0.05) is 31.9 Å². The molecule has 0 bridgehead atoms. The lowest BCUT2D eigenvalue weighted by atomic mass is 10.2. The van der Waals surface area contributed by atoms with Crippen molar-refractivity contribution in [1.29, 1.82) is 0 Å². The van der Waals surface area contributed by atoms with Gasteiger partial charge in [0.05, 0.1) is 31.2 Å². The predicted octanol–water partition coefficient (Wildman–Crippen LogP) is 2.63. The van der Waals surface area contributed by atoms with E-state index in [1.54, 1.807) is 41.0 Å². The first-order chi connectivity index (χ1) is 14.0. The van der Waals surface area contributed by atoms with Crippen LogP contribution < -0.4 is 4.74 Å². The van der Waals surface area contributed by atoms with Gasteiger partial charge in [-0.3, -0.25) is 5.10 Å². The van der Waals surface area contributed by atoms with E-state index in [0.717, 1.165) is 0 Å². The molecule has 0 radical (unpaired) electrons. The second-order valence-corrected chi connectivity index (χ2v) is 6.66. The fourth-order valence-corrected chi connectivity index (χ4v) is 3.58. The predicted molar refractivity (Wildman–Crippen MR) is 104 cm³/mol. The normalized spacial score (nSPS) is 12.6. The molecule has 2 N–H and O–H groups in total. The molecule has 0 saturated heterocycles. The highest BCUT2D eigenvalue weighted by Crippen LogP contribution is 2.41. The van der Waals surface area contributed by atoms with Gasteiger partial charge in [0.15, 0.2) is 17.5 Å². The second kappa shape index (κ2) is 7.47. The number of H-pyrrole nitrogens is 1. The summed E-state index contributed by atoms with van der Waals surface area (Å²) in [6.45, 7) is -0.268. The lowest BCUT2D eigenvalue weighted by Crippen LogP contribution is -2.08. The molecule has 152 valence electrons. The number of nitrogens with zero attached hydrogens (tertiary/aromatic N) is 5. The highest BCUT2D eigenvalue weighted by Gasteiger charge is 2.27. The van der Waals surface area contributed by atoms with Gasteiger partial charge in [-0.25, -0.2) is 14.4 Å². The molecule has 3 heterocycles.